The van der Waals surface area contributed by atoms with Gasteiger partial charge in [-0.3, -0.25) is 14.6 Å². The number of carbonyl (C=O) groups is 2. The topological polar surface area (TPSA) is 85.1 Å². The Morgan fingerprint density at radius 3 is 2.52 bits per heavy atom. The van der Waals surface area contributed by atoms with E-state index in [0.29, 0.717) is 16.3 Å². The predicted octanol–water partition coefficient (Wildman–Crippen LogP) is 2.71. The maximum Gasteiger partial charge on any atom is 0.253 e. The highest BCUT2D eigenvalue weighted by Crippen LogP contribution is 2.16. The lowest BCUT2D eigenvalue weighted by atomic mass is 10.1. The zero-order valence-corrected chi connectivity index (χ0v) is 14.0. The number of primary amides is 1. The number of amides is 2. The van der Waals surface area contributed by atoms with E-state index in [0.717, 1.165) is 10.9 Å². The van der Waals surface area contributed by atoms with Crippen LogP contribution in [0.2, 0.25) is 5.02 Å². The molecule has 6 heteroatoms. The summed E-state index contributed by atoms with van der Waals surface area (Å²) in [6.07, 6.45) is 0.205. The van der Waals surface area contributed by atoms with Crippen molar-refractivity contribution in [2.24, 2.45) is 5.73 Å². The summed E-state index contributed by atoms with van der Waals surface area (Å²) in [5.41, 5.74) is 7.23. The van der Waals surface area contributed by atoms with Crippen LogP contribution in [0.1, 0.15) is 16.1 Å². The number of para-hydroxylation sites is 1. The van der Waals surface area contributed by atoms with Crippen LogP contribution in [0.25, 0.3) is 10.9 Å². The molecule has 5 nitrogen and oxygen atoms in total. The zero-order valence-electron chi connectivity index (χ0n) is 13.3. The van der Waals surface area contributed by atoms with Crippen LogP contribution in [0, 0.1) is 0 Å². The fourth-order valence-corrected chi connectivity index (χ4v) is 2.76. The highest BCUT2D eigenvalue weighted by molar-refractivity contribution is 6.33. The first-order chi connectivity index (χ1) is 12.0. The van der Waals surface area contributed by atoms with Crippen molar-refractivity contribution in [3.63, 3.8) is 0 Å². The van der Waals surface area contributed by atoms with Crippen molar-refractivity contribution >= 4 is 34.3 Å². The highest BCUT2D eigenvalue weighted by Gasteiger charge is 2.21. The molecule has 3 rings (SSSR count). The van der Waals surface area contributed by atoms with Gasteiger partial charge in [-0.25, -0.2) is 0 Å². The third kappa shape index (κ3) is 3.95. The number of hydrogen-bond acceptors (Lipinski definition) is 3. The summed E-state index contributed by atoms with van der Waals surface area (Å²) in [5, 5.41) is 3.95. The molecule has 0 spiro atoms. The third-order valence-corrected chi connectivity index (χ3v) is 4.17. The van der Waals surface area contributed by atoms with Crippen LogP contribution < -0.4 is 11.1 Å². The van der Waals surface area contributed by atoms with E-state index in [2.05, 4.69) is 10.3 Å². The average molecular weight is 354 g/mol. The SMILES string of the molecule is NC(=O)[C@@H](Cc1ccc2ccccc2n1)NC(=O)c1ccccc1Cl. The Bertz CT molecular complexity index is 943. The molecular weight excluding hydrogens is 338 g/mol. The van der Waals surface area contributed by atoms with Crippen molar-refractivity contribution in [3.05, 3.63) is 76.9 Å². The molecule has 3 aromatic rings. The van der Waals surface area contributed by atoms with Crippen LogP contribution in [-0.4, -0.2) is 22.8 Å². The van der Waals surface area contributed by atoms with Gasteiger partial charge in [-0.2, -0.15) is 0 Å². The lowest BCUT2D eigenvalue weighted by Crippen LogP contribution is -2.46. The van der Waals surface area contributed by atoms with E-state index < -0.39 is 17.9 Å². The molecule has 0 aliphatic carbocycles. The van der Waals surface area contributed by atoms with Crippen LogP contribution in [0.3, 0.4) is 0 Å². The molecule has 1 aromatic heterocycles. The monoisotopic (exact) mass is 353 g/mol. The van der Waals surface area contributed by atoms with Crippen molar-refractivity contribution in [1.82, 2.24) is 10.3 Å². The molecule has 0 aliphatic rings. The van der Waals surface area contributed by atoms with Crippen molar-refractivity contribution in [1.29, 1.82) is 0 Å². The van der Waals surface area contributed by atoms with E-state index in [4.69, 9.17) is 17.3 Å². The van der Waals surface area contributed by atoms with E-state index in [1.54, 1.807) is 24.3 Å². The van der Waals surface area contributed by atoms with Crippen LogP contribution in [0.15, 0.2) is 60.7 Å². The molecule has 0 fully saturated rings. The van der Waals surface area contributed by atoms with Crippen molar-refractivity contribution in [3.8, 4) is 0 Å². The first kappa shape index (κ1) is 16.9. The molecule has 1 atom stereocenters. The number of aromatic nitrogens is 1. The minimum Gasteiger partial charge on any atom is -0.368 e. The summed E-state index contributed by atoms with van der Waals surface area (Å²) in [7, 11) is 0. The molecule has 25 heavy (non-hydrogen) atoms. The van der Waals surface area contributed by atoms with Crippen LogP contribution >= 0.6 is 11.6 Å². The van der Waals surface area contributed by atoms with Crippen LogP contribution in [0.5, 0.6) is 0 Å². The van der Waals surface area contributed by atoms with Crippen LogP contribution in [-0.2, 0) is 11.2 Å². The van der Waals surface area contributed by atoms with E-state index >= 15 is 0 Å². The number of fused-ring (bicyclic) bond motifs is 1. The van der Waals surface area contributed by atoms with Gasteiger partial charge in [0, 0.05) is 17.5 Å². The Hall–Kier alpha value is -2.92. The second-order valence-electron chi connectivity index (χ2n) is 5.61. The number of halogens is 1. The molecule has 2 amide bonds. The summed E-state index contributed by atoms with van der Waals surface area (Å²) in [5.74, 6) is -1.08. The fourth-order valence-electron chi connectivity index (χ4n) is 2.54. The largest absolute Gasteiger partial charge is 0.368 e. The summed E-state index contributed by atoms with van der Waals surface area (Å²) in [4.78, 5) is 28.6. The van der Waals surface area contributed by atoms with Gasteiger partial charge in [-0.05, 0) is 24.3 Å². The summed E-state index contributed by atoms with van der Waals surface area (Å²) in [6.45, 7) is 0. The van der Waals surface area contributed by atoms with E-state index in [1.165, 1.54) is 0 Å². The Balaban J connectivity index is 1.80. The second kappa shape index (κ2) is 7.32. The van der Waals surface area contributed by atoms with Gasteiger partial charge in [0.25, 0.3) is 5.91 Å². The number of benzene rings is 2. The van der Waals surface area contributed by atoms with Gasteiger partial charge in [0.2, 0.25) is 5.91 Å². The first-order valence-corrected chi connectivity index (χ1v) is 8.12. The zero-order chi connectivity index (χ0) is 17.8. The Kier molecular flexibility index (Phi) is 4.95. The molecule has 0 unspecified atom stereocenters. The molecule has 0 saturated heterocycles. The number of nitrogens with two attached hydrogens (primary N) is 1. The second-order valence-corrected chi connectivity index (χ2v) is 6.01. The number of carbonyl (C=O) groups excluding carboxylic acids is 2. The minimum atomic E-state index is -0.877. The Morgan fingerprint density at radius 2 is 1.76 bits per heavy atom. The average Bonchev–Trinajstić information content (AvgIpc) is 2.61. The van der Waals surface area contributed by atoms with Crippen LogP contribution in [0.4, 0.5) is 0 Å². The minimum absolute atomic E-state index is 0.205. The number of pyridine rings is 1. The van der Waals surface area contributed by atoms with Gasteiger partial charge < -0.3 is 11.1 Å². The summed E-state index contributed by atoms with van der Waals surface area (Å²) < 4.78 is 0. The standard InChI is InChI=1S/C19H16ClN3O2/c20-15-7-3-2-6-14(15)19(25)23-17(18(21)24)11-13-10-9-12-5-1-4-8-16(12)22-13/h1-10,17H,11H2,(H2,21,24)(H,23,25)/t17-/m1/s1. The van der Waals surface area contributed by atoms with Crippen molar-refractivity contribution in [2.75, 3.05) is 0 Å². The molecular formula is C19H16ClN3O2. The lowest BCUT2D eigenvalue weighted by molar-refractivity contribution is -0.119. The maximum absolute atomic E-state index is 12.4. The van der Waals surface area contributed by atoms with Gasteiger partial charge in [0.05, 0.1) is 16.1 Å². The summed E-state index contributed by atoms with van der Waals surface area (Å²) in [6, 6.07) is 17.2. The Morgan fingerprint density at radius 1 is 1.04 bits per heavy atom. The summed E-state index contributed by atoms with van der Waals surface area (Å²) >= 11 is 6.02. The molecule has 0 aliphatic heterocycles. The Labute approximate surface area is 149 Å². The van der Waals surface area contributed by atoms with E-state index in [-0.39, 0.29) is 6.42 Å². The number of hydrogen-bond donors (Lipinski definition) is 2. The first-order valence-electron chi connectivity index (χ1n) is 7.74. The molecule has 1 heterocycles. The van der Waals surface area contributed by atoms with Gasteiger partial charge in [0.15, 0.2) is 0 Å². The predicted molar refractivity (Wildman–Crippen MR) is 97.3 cm³/mol. The van der Waals surface area contributed by atoms with Gasteiger partial charge in [-0.15, -0.1) is 0 Å². The maximum atomic E-state index is 12.4. The molecule has 0 bridgehead atoms. The molecule has 0 radical (unpaired) electrons. The van der Waals surface area contributed by atoms with Crippen molar-refractivity contribution < 1.29 is 9.59 Å². The number of nitrogens with zero attached hydrogens (tertiary/aromatic N) is 1. The van der Waals surface area contributed by atoms with Gasteiger partial charge >= 0.3 is 0 Å². The molecule has 126 valence electrons. The lowest BCUT2D eigenvalue weighted by Gasteiger charge is -2.16. The molecule has 0 saturated carbocycles. The third-order valence-electron chi connectivity index (χ3n) is 3.84. The van der Waals surface area contributed by atoms with Gasteiger partial charge in [0.1, 0.15) is 6.04 Å². The van der Waals surface area contributed by atoms with Gasteiger partial charge in [-0.1, -0.05) is 48.0 Å². The molecule has 3 N–H and O–H groups in total. The normalized spacial score (nSPS) is 11.9. The quantitative estimate of drug-likeness (QED) is 0.739. The number of nitrogens with one attached hydrogen (secondary N) is 1. The smallest absolute Gasteiger partial charge is 0.253 e. The van der Waals surface area contributed by atoms with E-state index in [1.807, 2.05) is 36.4 Å². The van der Waals surface area contributed by atoms with Crippen molar-refractivity contribution in [2.45, 2.75) is 12.5 Å². The highest BCUT2D eigenvalue weighted by atomic mass is 35.5. The van der Waals surface area contributed by atoms with E-state index in [9.17, 15) is 9.59 Å². The number of rotatable bonds is 5. The molecule has 2 aromatic carbocycles. The fraction of sp³-hybridized carbons (Fsp3) is 0.105.